The molecule has 0 bridgehead atoms. The van der Waals surface area contributed by atoms with Gasteiger partial charge in [-0.15, -0.1) is 12.6 Å². The van der Waals surface area contributed by atoms with Crippen LogP contribution in [0.4, 0.5) is 11.5 Å². The Kier molecular flexibility index (Phi) is 4.41. The Morgan fingerprint density at radius 2 is 2.28 bits per heavy atom. The SMILES string of the molecule is COc1ccc(Cl)c(Nc2nc(S)nc3c2ncn3C2CCCO2)c1. The van der Waals surface area contributed by atoms with Gasteiger partial charge in [0.1, 0.15) is 12.0 Å². The minimum absolute atomic E-state index is 0.0547. The first-order valence-electron chi connectivity index (χ1n) is 7.81. The molecule has 0 aliphatic carbocycles. The van der Waals surface area contributed by atoms with Gasteiger partial charge in [-0.25, -0.2) is 15.0 Å². The Hall–Kier alpha value is -2.03. The molecule has 3 aromatic rings. The quantitative estimate of drug-likeness (QED) is 0.531. The predicted octanol–water partition coefficient (Wildman–Crippen LogP) is 3.83. The van der Waals surface area contributed by atoms with Crippen LogP contribution in [-0.2, 0) is 4.74 Å². The van der Waals surface area contributed by atoms with Crippen LogP contribution in [0, 0.1) is 0 Å². The van der Waals surface area contributed by atoms with Crippen molar-refractivity contribution in [2.24, 2.45) is 0 Å². The van der Waals surface area contributed by atoms with Crippen molar-refractivity contribution in [2.75, 3.05) is 19.0 Å². The fourth-order valence-electron chi connectivity index (χ4n) is 2.84. The maximum Gasteiger partial charge on any atom is 0.188 e. The molecule has 1 aromatic carbocycles. The van der Waals surface area contributed by atoms with Crippen LogP contribution in [0.25, 0.3) is 11.2 Å². The maximum absolute atomic E-state index is 6.28. The highest BCUT2D eigenvalue weighted by Crippen LogP contribution is 2.33. The average Bonchev–Trinajstić information content (AvgIpc) is 3.25. The molecule has 130 valence electrons. The number of methoxy groups -OCH3 is 1. The lowest BCUT2D eigenvalue weighted by Gasteiger charge is -2.13. The van der Waals surface area contributed by atoms with Crippen molar-refractivity contribution in [1.82, 2.24) is 19.5 Å². The van der Waals surface area contributed by atoms with Crippen LogP contribution in [0.5, 0.6) is 5.75 Å². The van der Waals surface area contributed by atoms with E-state index in [2.05, 4.69) is 32.9 Å². The molecule has 25 heavy (non-hydrogen) atoms. The lowest BCUT2D eigenvalue weighted by molar-refractivity contribution is 0.0592. The third-order valence-electron chi connectivity index (χ3n) is 4.05. The van der Waals surface area contributed by atoms with E-state index in [9.17, 15) is 0 Å². The largest absolute Gasteiger partial charge is 0.497 e. The van der Waals surface area contributed by atoms with Gasteiger partial charge in [-0.2, -0.15) is 0 Å². The number of rotatable bonds is 4. The van der Waals surface area contributed by atoms with Gasteiger partial charge in [0.25, 0.3) is 0 Å². The number of nitrogens with zero attached hydrogens (tertiary/aromatic N) is 4. The Bertz CT molecular complexity index is 926. The topological polar surface area (TPSA) is 74.1 Å². The van der Waals surface area contributed by atoms with E-state index < -0.39 is 0 Å². The number of imidazole rings is 1. The second-order valence-electron chi connectivity index (χ2n) is 5.63. The number of aromatic nitrogens is 4. The summed E-state index contributed by atoms with van der Waals surface area (Å²) in [4.78, 5) is 13.2. The highest BCUT2D eigenvalue weighted by molar-refractivity contribution is 7.80. The number of nitrogens with one attached hydrogen (secondary N) is 1. The van der Waals surface area contributed by atoms with Crippen LogP contribution in [0.15, 0.2) is 29.7 Å². The molecule has 0 amide bonds. The van der Waals surface area contributed by atoms with Crippen LogP contribution in [0.3, 0.4) is 0 Å². The van der Waals surface area contributed by atoms with Gasteiger partial charge in [0.2, 0.25) is 0 Å². The monoisotopic (exact) mass is 377 g/mol. The first-order chi connectivity index (χ1) is 12.2. The minimum atomic E-state index is -0.0547. The number of halogens is 1. The van der Waals surface area contributed by atoms with E-state index in [-0.39, 0.29) is 6.23 Å². The molecule has 1 atom stereocenters. The van der Waals surface area contributed by atoms with Gasteiger partial charge in [-0.3, -0.25) is 4.57 Å². The van der Waals surface area contributed by atoms with Crippen molar-refractivity contribution in [3.05, 3.63) is 29.5 Å². The fourth-order valence-corrected chi connectivity index (χ4v) is 3.20. The molecule has 1 unspecified atom stereocenters. The van der Waals surface area contributed by atoms with Gasteiger partial charge in [0.15, 0.2) is 22.1 Å². The van der Waals surface area contributed by atoms with E-state index >= 15 is 0 Å². The third kappa shape index (κ3) is 3.12. The zero-order valence-corrected chi connectivity index (χ0v) is 15.1. The van der Waals surface area contributed by atoms with Crippen molar-refractivity contribution in [1.29, 1.82) is 0 Å². The van der Waals surface area contributed by atoms with E-state index in [0.717, 1.165) is 19.4 Å². The standard InChI is InChI=1S/C16H16ClN5O2S/c1-23-9-4-5-10(17)11(7-9)19-14-13-15(21-16(25)20-14)22(8-18-13)12-3-2-6-24-12/h4-5,7-8,12H,2-3,6H2,1H3,(H2,19,20,21,25). The number of benzene rings is 1. The van der Waals surface area contributed by atoms with Crippen molar-refractivity contribution in [3.63, 3.8) is 0 Å². The summed E-state index contributed by atoms with van der Waals surface area (Å²) in [6, 6.07) is 5.35. The number of anilines is 2. The zero-order chi connectivity index (χ0) is 17.4. The molecule has 1 aliphatic rings. The summed E-state index contributed by atoms with van der Waals surface area (Å²) < 4.78 is 12.9. The molecule has 3 heterocycles. The molecule has 4 rings (SSSR count). The van der Waals surface area contributed by atoms with Crippen LogP contribution in [0.1, 0.15) is 19.1 Å². The first kappa shape index (κ1) is 16.4. The molecule has 9 heteroatoms. The van der Waals surface area contributed by atoms with Gasteiger partial charge in [-0.1, -0.05) is 11.6 Å². The van der Waals surface area contributed by atoms with Crippen molar-refractivity contribution >= 4 is 46.9 Å². The summed E-state index contributed by atoms with van der Waals surface area (Å²) in [6.07, 6.45) is 3.62. The number of thiol groups is 1. The number of hydrogen-bond donors (Lipinski definition) is 2. The zero-order valence-electron chi connectivity index (χ0n) is 13.4. The van der Waals surface area contributed by atoms with Crippen molar-refractivity contribution in [3.8, 4) is 5.75 Å². The summed E-state index contributed by atoms with van der Waals surface area (Å²) in [5, 5.41) is 4.10. The predicted molar refractivity (Wildman–Crippen MR) is 98.1 cm³/mol. The van der Waals surface area contributed by atoms with E-state index in [1.807, 2.05) is 4.57 Å². The third-order valence-corrected chi connectivity index (χ3v) is 4.58. The summed E-state index contributed by atoms with van der Waals surface area (Å²) in [6.45, 7) is 0.744. The van der Waals surface area contributed by atoms with Crippen molar-refractivity contribution < 1.29 is 9.47 Å². The van der Waals surface area contributed by atoms with E-state index in [1.54, 1.807) is 31.6 Å². The van der Waals surface area contributed by atoms with E-state index in [0.29, 0.717) is 38.6 Å². The van der Waals surface area contributed by atoms with Crippen molar-refractivity contribution in [2.45, 2.75) is 24.2 Å². The Morgan fingerprint density at radius 3 is 3.04 bits per heavy atom. The molecular weight excluding hydrogens is 362 g/mol. The van der Waals surface area contributed by atoms with Gasteiger partial charge in [-0.05, 0) is 25.0 Å². The van der Waals surface area contributed by atoms with E-state index in [4.69, 9.17) is 21.1 Å². The number of ether oxygens (including phenoxy) is 2. The smallest absolute Gasteiger partial charge is 0.188 e. The second-order valence-corrected chi connectivity index (χ2v) is 6.44. The van der Waals surface area contributed by atoms with Gasteiger partial charge < -0.3 is 14.8 Å². The maximum atomic E-state index is 6.28. The summed E-state index contributed by atoms with van der Waals surface area (Å²) in [7, 11) is 1.60. The number of hydrogen-bond acceptors (Lipinski definition) is 7. The molecule has 1 fully saturated rings. The number of fused-ring (bicyclic) bond motifs is 1. The lowest BCUT2D eigenvalue weighted by atomic mass is 10.3. The van der Waals surface area contributed by atoms with Crippen LogP contribution in [-0.4, -0.2) is 33.2 Å². The van der Waals surface area contributed by atoms with E-state index in [1.165, 1.54) is 0 Å². The summed E-state index contributed by atoms with van der Waals surface area (Å²) in [5.74, 6) is 1.22. The molecule has 0 saturated carbocycles. The Balaban J connectivity index is 1.77. The highest BCUT2D eigenvalue weighted by atomic mass is 35.5. The summed E-state index contributed by atoms with van der Waals surface area (Å²) >= 11 is 10.6. The fraction of sp³-hybridized carbons (Fsp3) is 0.312. The lowest BCUT2D eigenvalue weighted by Crippen LogP contribution is -2.07. The Morgan fingerprint density at radius 1 is 1.40 bits per heavy atom. The average molecular weight is 378 g/mol. The van der Waals surface area contributed by atoms with Gasteiger partial charge in [0.05, 0.1) is 24.1 Å². The Labute approximate surface area is 154 Å². The summed E-state index contributed by atoms with van der Waals surface area (Å²) in [5.41, 5.74) is 1.97. The normalized spacial score (nSPS) is 17.2. The molecule has 0 radical (unpaired) electrons. The second kappa shape index (κ2) is 6.70. The van der Waals surface area contributed by atoms with Crippen LogP contribution >= 0.6 is 24.2 Å². The highest BCUT2D eigenvalue weighted by Gasteiger charge is 2.22. The molecule has 2 aromatic heterocycles. The molecule has 7 nitrogen and oxygen atoms in total. The van der Waals surface area contributed by atoms with Gasteiger partial charge >= 0.3 is 0 Å². The minimum Gasteiger partial charge on any atom is -0.497 e. The molecule has 0 spiro atoms. The molecule has 1 N–H and O–H groups in total. The molecule has 1 saturated heterocycles. The molecular formula is C16H16ClN5O2S. The molecule has 1 aliphatic heterocycles. The van der Waals surface area contributed by atoms with Gasteiger partial charge in [0, 0.05) is 12.7 Å². The van der Waals surface area contributed by atoms with Crippen LogP contribution < -0.4 is 10.1 Å². The van der Waals surface area contributed by atoms with Crippen LogP contribution in [0.2, 0.25) is 5.02 Å². The first-order valence-corrected chi connectivity index (χ1v) is 8.64.